The van der Waals surface area contributed by atoms with Crippen LogP contribution >= 0.6 is 0 Å². The molecule has 0 aliphatic carbocycles. The third-order valence-corrected chi connectivity index (χ3v) is 3.61. The Balaban J connectivity index is 4.46. The van der Waals surface area contributed by atoms with Crippen molar-refractivity contribution in [3.05, 3.63) is 0 Å². The molecule has 0 aliphatic rings. The van der Waals surface area contributed by atoms with Gasteiger partial charge in [0.2, 0.25) is 5.91 Å². The molecule has 0 saturated heterocycles. The molecular formula is C16H34N2O. The molecule has 1 atom stereocenters. The largest absolute Gasteiger partial charge is 0.341 e. The first-order valence-corrected chi connectivity index (χ1v) is 8.07. The predicted octanol–water partition coefficient (Wildman–Crippen LogP) is 3.71. The summed E-state index contributed by atoms with van der Waals surface area (Å²) in [5.41, 5.74) is 5.50. The van der Waals surface area contributed by atoms with Gasteiger partial charge in [0.05, 0.1) is 5.54 Å². The summed E-state index contributed by atoms with van der Waals surface area (Å²) < 4.78 is 0. The highest BCUT2D eigenvalue weighted by Gasteiger charge is 2.31. The van der Waals surface area contributed by atoms with Crippen LogP contribution < -0.4 is 5.73 Å². The van der Waals surface area contributed by atoms with Crippen molar-refractivity contribution in [1.29, 1.82) is 0 Å². The average Bonchev–Trinajstić information content (AvgIpc) is 2.36. The number of carbonyl (C=O) groups excluding carboxylic acids is 1. The molecule has 0 aromatic carbocycles. The topological polar surface area (TPSA) is 46.3 Å². The second kappa shape index (κ2) is 10.2. The molecule has 3 heteroatoms. The highest BCUT2D eigenvalue weighted by molar-refractivity contribution is 5.85. The first-order chi connectivity index (χ1) is 8.99. The fourth-order valence-electron chi connectivity index (χ4n) is 2.41. The van der Waals surface area contributed by atoms with Crippen LogP contribution in [-0.4, -0.2) is 29.4 Å². The number of hydrogen-bond donors (Lipinski definition) is 1. The molecule has 0 heterocycles. The Bertz CT molecular complexity index is 229. The minimum atomic E-state index is -0.687. The van der Waals surface area contributed by atoms with Crippen molar-refractivity contribution in [2.24, 2.45) is 5.73 Å². The fraction of sp³-hybridized carbons (Fsp3) is 0.938. The second-order valence-electron chi connectivity index (χ2n) is 5.87. The molecule has 0 spiro atoms. The summed E-state index contributed by atoms with van der Waals surface area (Å²) in [5.74, 6) is 0.140. The van der Waals surface area contributed by atoms with E-state index in [2.05, 4.69) is 20.8 Å². The molecule has 0 fully saturated rings. The summed E-state index contributed by atoms with van der Waals surface area (Å²) in [6, 6.07) is 0. The molecule has 0 aromatic rings. The molecular weight excluding hydrogens is 236 g/mol. The normalized spacial score (nSPS) is 14.2. The highest BCUT2D eigenvalue weighted by Crippen LogP contribution is 2.14. The molecule has 0 aliphatic heterocycles. The first kappa shape index (κ1) is 18.4. The van der Waals surface area contributed by atoms with Crippen molar-refractivity contribution in [3.8, 4) is 0 Å². The molecule has 0 aromatic heterocycles. The summed E-state index contributed by atoms with van der Waals surface area (Å²) in [7, 11) is 0. The van der Waals surface area contributed by atoms with Crippen LogP contribution in [0, 0.1) is 0 Å². The minimum Gasteiger partial charge on any atom is -0.341 e. The molecule has 1 amide bonds. The quantitative estimate of drug-likeness (QED) is 0.582. The van der Waals surface area contributed by atoms with Crippen molar-refractivity contribution < 1.29 is 4.79 Å². The Morgan fingerprint density at radius 2 is 1.42 bits per heavy atom. The number of amides is 1. The number of rotatable bonds is 11. The van der Waals surface area contributed by atoms with Crippen molar-refractivity contribution in [3.63, 3.8) is 0 Å². The van der Waals surface area contributed by atoms with Gasteiger partial charge in [0.1, 0.15) is 0 Å². The number of nitrogens with two attached hydrogens (primary N) is 1. The van der Waals surface area contributed by atoms with E-state index in [-0.39, 0.29) is 5.91 Å². The third-order valence-electron chi connectivity index (χ3n) is 3.61. The summed E-state index contributed by atoms with van der Waals surface area (Å²) in [6.45, 7) is 10.1. The zero-order valence-electron chi connectivity index (χ0n) is 13.5. The maximum absolute atomic E-state index is 12.5. The van der Waals surface area contributed by atoms with E-state index in [1.807, 2.05) is 11.8 Å². The second-order valence-corrected chi connectivity index (χ2v) is 5.87. The lowest BCUT2D eigenvalue weighted by Gasteiger charge is -2.32. The lowest BCUT2D eigenvalue weighted by atomic mass is 9.95. The lowest BCUT2D eigenvalue weighted by Crippen LogP contribution is -2.53. The van der Waals surface area contributed by atoms with Gasteiger partial charge in [-0.15, -0.1) is 0 Å². The van der Waals surface area contributed by atoms with E-state index in [0.29, 0.717) is 0 Å². The van der Waals surface area contributed by atoms with Crippen LogP contribution in [0.25, 0.3) is 0 Å². The van der Waals surface area contributed by atoms with E-state index in [1.165, 1.54) is 25.7 Å². The van der Waals surface area contributed by atoms with Gasteiger partial charge in [-0.3, -0.25) is 4.79 Å². The molecule has 19 heavy (non-hydrogen) atoms. The van der Waals surface area contributed by atoms with Crippen molar-refractivity contribution >= 4 is 5.91 Å². The van der Waals surface area contributed by atoms with Gasteiger partial charge in [-0.2, -0.15) is 0 Å². The van der Waals surface area contributed by atoms with Gasteiger partial charge < -0.3 is 10.6 Å². The van der Waals surface area contributed by atoms with E-state index >= 15 is 0 Å². The maximum atomic E-state index is 12.5. The minimum absolute atomic E-state index is 0.140. The fourth-order valence-corrected chi connectivity index (χ4v) is 2.41. The summed E-state index contributed by atoms with van der Waals surface area (Å²) >= 11 is 0. The van der Waals surface area contributed by atoms with Crippen LogP contribution in [-0.2, 0) is 4.79 Å². The van der Waals surface area contributed by atoms with Crippen LogP contribution in [0.4, 0.5) is 0 Å². The average molecular weight is 270 g/mol. The van der Waals surface area contributed by atoms with E-state index in [0.717, 1.165) is 38.8 Å². The molecule has 0 saturated carbocycles. The van der Waals surface area contributed by atoms with Crippen molar-refractivity contribution in [2.75, 3.05) is 13.1 Å². The van der Waals surface area contributed by atoms with Gasteiger partial charge in [-0.25, -0.2) is 0 Å². The Labute approximate surface area is 119 Å². The summed E-state index contributed by atoms with van der Waals surface area (Å²) in [4.78, 5) is 14.5. The zero-order chi connectivity index (χ0) is 14.7. The van der Waals surface area contributed by atoms with Gasteiger partial charge in [0.25, 0.3) is 0 Å². The van der Waals surface area contributed by atoms with Gasteiger partial charge in [-0.1, -0.05) is 52.9 Å². The highest BCUT2D eigenvalue weighted by atomic mass is 16.2. The van der Waals surface area contributed by atoms with Crippen LogP contribution in [0.3, 0.4) is 0 Å². The Hall–Kier alpha value is -0.570. The van der Waals surface area contributed by atoms with Crippen LogP contribution in [0.2, 0.25) is 0 Å². The van der Waals surface area contributed by atoms with Gasteiger partial charge in [0, 0.05) is 13.1 Å². The SMILES string of the molecule is CCCCCN(CCCCC)C(=O)C(C)(N)CCC. The lowest BCUT2D eigenvalue weighted by molar-refractivity contribution is -0.136. The third kappa shape index (κ3) is 7.56. The van der Waals surface area contributed by atoms with E-state index in [4.69, 9.17) is 5.73 Å². The van der Waals surface area contributed by atoms with Crippen LogP contribution in [0.1, 0.15) is 79.1 Å². The molecule has 0 radical (unpaired) electrons. The molecule has 114 valence electrons. The first-order valence-electron chi connectivity index (χ1n) is 8.07. The molecule has 2 N–H and O–H groups in total. The number of unbranched alkanes of at least 4 members (excludes halogenated alkanes) is 4. The van der Waals surface area contributed by atoms with Gasteiger partial charge >= 0.3 is 0 Å². The molecule has 0 rings (SSSR count). The number of carbonyl (C=O) groups is 1. The number of hydrogen-bond acceptors (Lipinski definition) is 2. The van der Waals surface area contributed by atoms with Gasteiger partial charge in [-0.05, 0) is 26.2 Å². The summed E-state index contributed by atoms with van der Waals surface area (Å²) in [5, 5.41) is 0. The van der Waals surface area contributed by atoms with Crippen LogP contribution in [0.5, 0.6) is 0 Å². The molecule has 1 unspecified atom stereocenters. The maximum Gasteiger partial charge on any atom is 0.242 e. The smallest absolute Gasteiger partial charge is 0.242 e. The Morgan fingerprint density at radius 1 is 0.947 bits per heavy atom. The van der Waals surface area contributed by atoms with Gasteiger partial charge in [0.15, 0.2) is 0 Å². The Morgan fingerprint density at radius 3 is 1.79 bits per heavy atom. The van der Waals surface area contributed by atoms with E-state index in [1.54, 1.807) is 0 Å². The van der Waals surface area contributed by atoms with Crippen molar-refractivity contribution in [1.82, 2.24) is 4.90 Å². The van der Waals surface area contributed by atoms with Crippen LogP contribution in [0.15, 0.2) is 0 Å². The predicted molar refractivity (Wildman–Crippen MR) is 83.1 cm³/mol. The Kier molecular flexibility index (Phi) is 9.94. The van der Waals surface area contributed by atoms with Crippen molar-refractivity contribution in [2.45, 2.75) is 84.6 Å². The summed E-state index contributed by atoms with van der Waals surface area (Å²) in [6.07, 6.45) is 8.66. The van der Waals surface area contributed by atoms with E-state index in [9.17, 15) is 4.79 Å². The monoisotopic (exact) mass is 270 g/mol. The standard InChI is InChI=1S/C16H34N2O/c1-5-8-10-13-18(14-11-9-6-2)15(19)16(4,17)12-7-3/h5-14,17H2,1-4H3. The molecule has 3 nitrogen and oxygen atoms in total. The molecule has 0 bridgehead atoms. The zero-order valence-corrected chi connectivity index (χ0v) is 13.5. The number of nitrogens with zero attached hydrogens (tertiary/aromatic N) is 1. The van der Waals surface area contributed by atoms with E-state index < -0.39 is 5.54 Å².